The zero-order valence-corrected chi connectivity index (χ0v) is 10.3. The molecule has 1 unspecified atom stereocenters. The van der Waals surface area contributed by atoms with Gasteiger partial charge in [-0.2, -0.15) is 0 Å². The van der Waals surface area contributed by atoms with E-state index in [4.69, 9.17) is 5.84 Å². The fraction of sp³-hybridized carbons (Fsp3) is 0.143. The predicted molar refractivity (Wildman–Crippen MR) is 66.5 cm³/mol. The molecule has 3 N–H and O–H groups in total. The van der Waals surface area contributed by atoms with Crippen LogP contribution in [0.15, 0.2) is 36.4 Å². The van der Waals surface area contributed by atoms with E-state index < -0.39 is 29.3 Å². The number of benzene rings is 2. The van der Waals surface area contributed by atoms with Gasteiger partial charge in [-0.15, -0.1) is 0 Å². The first-order valence-corrected chi connectivity index (χ1v) is 5.86. The van der Waals surface area contributed by atoms with Gasteiger partial charge in [0.25, 0.3) is 0 Å². The van der Waals surface area contributed by atoms with Gasteiger partial charge in [0.05, 0.1) is 6.04 Å². The molecule has 1 atom stereocenters. The lowest BCUT2D eigenvalue weighted by Gasteiger charge is -2.17. The zero-order valence-electron chi connectivity index (χ0n) is 10.3. The Hall–Kier alpha value is -1.92. The van der Waals surface area contributed by atoms with Crippen molar-refractivity contribution in [2.45, 2.75) is 12.5 Å². The van der Waals surface area contributed by atoms with E-state index in [2.05, 4.69) is 5.43 Å². The molecule has 106 valence electrons. The molecule has 6 heteroatoms. The molecule has 0 saturated heterocycles. The molecule has 20 heavy (non-hydrogen) atoms. The SMILES string of the molecule is NNC(Cc1cc(F)ccc1F)c1ccc(F)cc1F. The smallest absolute Gasteiger partial charge is 0.130 e. The number of rotatable bonds is 4. The maximum absolute atomic E-state index is 13.7. The number of hydrogen-bond acceptors (Lipinski definition) is 2. The maximum atomic E-state index is 13.7. The highest BCUT2D eigenvalue weighted by Crippen LogP contribution is 2.23. The van der Waals surface area contributed by atoms with Crippen LogP contribution in [0.1, 0.15) is 17.2 Å². The number of halogens is 4. The van der Waals surface area contributed by atoms with Crippen molar-refractivity contribution in [3.05, 3.63) is 70.8 Å². The molecule has 0 fully saturated rings. The van der Waals surface area contributed by atoms with Crippen molar-refractivity contribution in [2.24, 2.45) is 5.84 Å². The van der Waals surface area contributed by atoms with E-state index >= 15 is 0 Å². The van der Waals surface area contributed by atoms with Crippen LogP contribution in [0.5, 0.6) is 0 Å². The summed E-state index contributed by atoms with van der Waals surface area (Å²) in [4.78, 5) is 0. The Bertz CT molecular complexity index is 616. The van der Waals surface area contributed by atoms with Crippen molar-refractivity contribution in [3.8, 4) is 0 Å². The Morgan fingerprint density at radius 2 is 1.55 bits per heavy atom. The quantitative estimate of drug-likeness (QED) is 0.514. The average Bonchev–Trinajstić information content (AvgIpc) is 2.40. The molecule has 0 aliphatic heterocycles. The molecule has 0 aliphatic rings. The molecule has 2 nitrogen and oxygen atoms in total. The Kier molecular flexibility index (Phi) is 4.36. The number of nitrogens with one attached hydrogen (secondary N) is 1. The zero-order chi connectivity index (χ0) is 14.7. The molecule has 0 radical (unpaired) electrons. The van der Waals surface area contributed by atoms with Crippen LogP contribution in [-0.2, 0) is 6.42 Å². The molecular weight excluding hydrogens is 272 g/mol. The molecule has 0 amide bonds. The van der Waals surface area contributed by atoms with Gasteiger partial charge in [-0.25, -0.2) is 17.6 Å². The van der Waals surface area contributed by atoms with Crippen LogP contribution in [0.4, 0.5) is 17.6 Å². The van der Waals surface area contributed by atoms with Crippen LogP contribution in [-0.4, -0.2) is 0 Å². The van der Waals surface area contributed by atoms with E-state index in [0.717, 1.165) is 24.3 Å². The second kappa shape index (κ2) is 6.02. The second-order valence-corrected chi connectivity index (χ2v) is 4.32. The summed E-state index contributed by atoms with van der Waals surface area (Å²) in [6.07, 6.45) is -0.0668. The predicted octanol–water partition coefficient (Wildman–Crippen LogP) is 2.99. The summed E-state index contributed by atoms with van der Waals surface area (Å²) in [5.74, 6) is 2.58. The summed E-state index contributed by atoms with van der Waals surface area (Å²) in [5.41, 5.74) is 2.46. The summed E-state index contributed by atoms with van der Waals surface area (Å²) in [5, 5.41) is 0. The molecule has 2 aromatic rings. The Balaban J connectivity index is 2.31. The summed E-state index contributed by atoms with van der Waals surface area (Å²) < 4.78 is 53.2. The lowest BCUT2D eigenvalue weighted by atomic mass is 9.98. The largest absolute Gasteiger partial charge is 0.271 e. The third-order valence-electron chi connectivity index (χ3n) is 2.97. The van der Waals surface area contributed by atoms with Gasteiger partial charge in [-0.3, -0.25) is 11.3 Å². The highest BCUT2D eigenvalue weighted by Gasteiger charge is 2.17. The minimum Gasteiger partial charge on any atom is -0.271 e. The van der Waals surface area contributed by atoms with Gasteiger partial charge in [0, 0.05) is 11.6 Å². The molecule has 0 saturated carbocycles. The van der Waals surface area contributed by atoms with Gasteiger partial charge in [0.1, 0.15) is 23.3 Å². The third kappa shape index (κ3) is 3.15. The normalized spacial score (nSPS) is 12.4. The first-order valence-electron chi connectivity index (χ1n) is 5.86. The van der Waals surface area contributed by atoms with Crippen molar-refractivity contribution in [2.75, 3.05) is 0 Å². The Labute approximate surface area is 113 Å². The van der Waals surface area contributed by atoms with Crippen LogP contribution < -0.4 is 11.3 Å². The van der Waals surface area contributed by atoms with Crippen molar-refractivity contribution in [1.29, 1.82) is 0 Å². The van der Waals surface area contributed by atoms with Crippen LogP contribution in [0.2, 0.25) is 0 Å². The monoisotopic (exact) mass is 284 g/mol. The molecule has 2 rings (SSSR count). The van der Waals surface area contributed by atoms with Crippen LogP contribution >= 0.6 is 0 Å². The summed E-state index contributed by atoms with van der Waals surface area (Å²) >= 11 is 0. The number of hydrogen-bond donors (Lipinski definition) is 2. The van der Waals surface area contributed by atoms with E-state index in [9.17, 15) is 17.6 Å². The molecule has 0 aliphatic carbocycles. The minimum absolute atomic E-state index is 0.0525. The fourth-order valence-corrected chi connectivity index (χ4v) is 1.96. The molecule has 2 aromatic carbocycles. The molecule has 0 spiro atoms. The van der Waals surface area contributed by atoms with Crippen LogP contribution in [0, 0.1) is 23.3 Å². The highest BCUT2D eigenvalue weighted by atomic mass is 19.1. The maximum Gasteiger partial charge on any atom is 0.130 e. The van der Waals surface area contributed by atoms with Gasteiger partial charge < -0.3 is 0 Å². The lowest BCUT2D eigenvalue weighted by molar-refractivity contribution is 0.490. The fourth-order valence-electron chi connectivity index (χ4n) is 1.96. The van der Waals surface area contributed by atoms with Crippen molar-refractivity contribution < 1.29 is 17.6 Å². The Morgan fingerprint density at radius 1 is 0.900 bits per heavy atom. The highest BCUT2D eigenvalue weighted by molar-refractivity contribution is 5.26. The second-order valence-electron chi connectivity index (χ2n) is 4.32. The van der Waals surface area contributed by atoms with E-state index in [0.29, 0.717) is 6.07 Å². The van der Waals surface area contributed by atoms with Gasteiger partial charge in [0.2, 0.25) is 0 Å². The van der Waals surface area contributed by atoms with E-state index in [1.165, 1.54) is 6.07 Å². The van der Waals surface area contributed by atoms with Crippen molar-refractivity contribution in [3.63, 3.8) is 0 Å². The van der Waals surface area contributed by atoms with E-state index in [1.807, 2.05) is 0 Å². The van der Waals surface area contributed by atoms with Crippen molar-refractivity contribution >= 4 is 0 Å². The van der Waals surface area contributed by atoms with Gasteiger partial charge in [-0.05, 0) is 36.2 Å². The first kappa shape index (κ1) is 14.5. The number of hydrazine groups is 1. The van der Waals surface area contributed by atoms with E-state index in [1.54, 1.807) is 0 Å². The lowest BCUT2D eigenvalue weighted by Crippen LogP contribution is -2.30. The Morgan fingerprint density at radius 3 is 2.20 bits per heavy atom. The summed E-state index contributed by atoms with van der Waals surface area (Å²) in [7, 11) is 0. The first-order chi connectivity index (χ1) is 9.51. The standard InChI is InChI=1S/C14H12F4N2/c15-9-2-4-12(17)8(5-9)6-14(20-19)11-3-1-10(16)7-13(11)18/h1-5,7,14,20H,6,19H2. The molecule has 0 aromatic heterocycles. The summed E-state index contributed by atoms with van der Waals surface area (Å²) in [6, 6.07) is 5.19. The van der Waals surface area contributed by atoms with Gasteiger partial charge >= 0.3 is 0 Å². The molecule has 0 bridgehead atoms. The number of nitrogens with two attached hydrogens (primary N) is 1. The van der Waals surface area contributed by atoms with Crippen LogP contribution in [0.25, 0.3) is 0 Å². The molecule has 0 heterocycles. The topological polar surface area (TPSA) is 38.0 Å². The van der Waals surface area contributed by atoms with Gasteiger partial charge in [0.15, 0.2) is 0 Å². The average molecular weight is 284 g/mol. The third-order valence-corrected chi connectivity index (χ3v) is 2.97. The van der Waals surface area contributed by atoms with Crippen LogP contribution in [0.3, 0.4) is 0 Å². The van der Waals surface area contributed by atoms with Gasteiger partial charge in [-0.1, -0.05) is 6.07 Å². The summed E-state index contributed by atoms with van der Waals surface area (Å²) in [6.45, 7) is 0. The minimum atomic E-state index is -0.801. The van der Waals surface area contributed by atoms with E-state index in [-0.39, 0.29) is 17.5 Å². The molecular formula is C14H12F4N2. The van der Waals surface area contributed by atoms with Crippen molar-refractivity contribution in [1.82, 2.24) is 5.43 Å².